The van der Waals surface area contributed by atoms with Crippen LogP contribution in [0.15, 0.2) is 0 Å². The highest BCUT2D eigenvalue weighted by atomic mass is 31.2. The smallest absolute Gasteiger partial charge is 0.462 e. The van der Waals surface area contributed by atoms with Gasteiger partial charge in [0.05, 0.1) is 26.4 Å². The Morgan fingerprint density at radius 3 is 0.755 bits per heavy atom. The summed E-state index contributed by atoms with van der Waals surface area (Å²) in [6, 6.07) is 0. The Morgan fingerprint density at radius 2 is 0.511 bits per heavy atom. The molecule has 558 valence electrons. The van der Waals surface area contributed by atoms with Gasteiger partial charge in [-0.1, -0.05) is 325 Å². The molecule has 94 heavy (non-hydrogen) atoms. The van der Waals surface area contributed by atoms with Crippen LogP contribution in [-0.4, -0.2) is 96.7 Å². The molecule has 0 radical (unpaired) electrons. The van der Waals surface area contributed by atoms with Gasteiger partial charge in [-0.25, -0.2) is 9.13 Å². The molecule has 0 aromatic carbocycles. The number of aliphatic hydroxyl groups is 1. The van der Waals surface area contributed by atoms with Gasteiger partial charge in [-0.2, -0.15) is 0 Å². The minimum absolute atomic E-state index is 0.103. The molecule has 0 saturated heterocycles. The molecule has 0 bridgehead atoms. The normalized spacial score (nSPS) is 14.7. The van der Waals surface area contributed by atoms with Crippen molar-refractivity contribution in [3.63, 3.8) is 0 Å². The Balaban J connectivity index is 5.20. The number of unbranched alkanes of at least 4 members (excludes halogenated alkanes) is 36. The van der Waals surface area contributed by atoms with E-state index in [1.165, 1.54) is 173 Å². The summed E-state index contributed by atoms with van der Waals surface area (Å²) in [5, 5.41) is 10.6. The third-order valence-electron chi connectivity index (χ3n) is 18.0. The Kier molecular flexibility index (Phi) is 63.1. The maximum absolute atomic E-state index is 13.1. The molecule has 3 N–H and O–H groups in total. The van der Waals surface area contributed by atoms with Crippen molar-refractivity contribution in [3.8, 4) is 0 Å². The highest BCUT2D eigenvalue weighted by Crippen LogP contribution is 2.45. The van der Waals surface area contributed by atoms with Crippen LogP contribution in [0.1, 0.15) is 376 Å². The second kappa shape index (κ2) is 64.4. The van der Waals surface area contributed by atoms with E-state index in [2.05, 4.69) is 55.4 Å². The van der Waals surface area contributed by atoms with Crippen molar-refractivity contribution in [2.45, 2.75) is 395 Å². The molecule has 0 heterocycles. The molecule has 0 fully saturated rings. The lowest BCUT2D eigenvalue weighted by molar-refractivity contribution is -0.161. The molecule has 0 rings (SSSR count). The number of ether oxygens (including phenoxy) is 4. The van der Waals surface area contributed by atoms with Crippen molar-refractivity contribution in [1.29, 1.82) is 0 Å². The number of esters is 4. The maximum atomic E-state index is 13.1. The minimum Gasteiger partial charge on any atom is -0.462 e. The summed E-state index contributed by atoms with van der Waals surface area (Å²) in [6.45, 7) is 14.2. The quantitative estimate of drug-likeness (QED) is 0.0222. The first-order valence-corrected chi connectivity index (χ1v) is 41.8. The van der Waals surface area contributed by atoms with E-state index in [1.807, 2.05) is 0 Å². The first-order valence-electron chi connectivity index (χ1n) is 38.8. The van der Waals surface area contributed by atoms with E-state index in [1.54, 1.807) is 0 Å². The van der Waals surface area contributed by atoms with Gasteiger partial charge in [-0.05, 0) is 49.4 Å². The number of carbonyl (C=O) groups is 4. The number of aliphatic hydroxyl groups excluding tert-OH is 1. The van der Waals surface area contributed by atoms with Crippen LogP contribution in [0.3, 0.4) is 0 Å². The number of hydrogen-bond acceptors (Lipinski definition) is 15. The molecular weight excluding hydrogens is 1230 g/mol. The molecule has 0 saturated carbocycles. The van der Waals surface area contributed by atoms with E-state index < -0.39 is 97.5 Å². The summed E-state index contributed by atoms with van der Waals surface area (Å²) in [7, 11) is -9.91. The van der Waals surface area contributed by atoms with Crippen molar-refractivity contribution in [3.05, 3.63) is 0 Å². The zero-order chi connectivity index (χ0) is 69.6. The Hall–Kier alpha value is -1.94. The van der Waals surface area contributed by atoms with Crippen molar-refractivity contribution >= 4 is 39.5 Å². The van der Waals surface area contributed by atoms with Crippen molar-refractivity contribution < 1.29 is 80.2 Å². The fraction of sp³-hybridized carbons (Fsp3) is 0.947. The van der Waals surface area contributed by atoms with Crippen LogP contribution >= 0.6 is 15.6 Å². The zero-order valence-corrected chi connectivity index (χ0v) is 63.4. The number of phosphoric ester groups is 2. The Labute approximate surface area is 575 Å². The molecule has 0 spiro atoms. The van der Waals surface area contributed by atoms with Gasteiger partial charge < -0.3 is 33.8 Å². The lowest BCUT2D eigenvalue weighted by atomic mass is 9.99. The zero-order valence-electron chi connectivity index (χ0n) is 61.6. The third-order valence-corrected chi connectivity index (χ3v) is 19.9. The second-order valence-electron chi connectivity index (χ2n) is 28.5. The van der Waals surface area contributed by atoms with Crippen molar-refractivity contribution in [2.24, 2.45) is 23.7 Å². The van der Waals surface area contributed by atoms with Gasteiger partial charge in [0.1, 0.15) is 19.3 Å². The predicted octanol–water partition coefficient (Wildman–Crippen LogP) is 21.7. The second-order valence-corrected chi connectivity index (χ2v) is 31.4. The van der Waals surface area contributed by atoms with E-state index in [0.29, 0.717) is 31.6 Å². The predicted molar refractivity (Wildman–Crippen MR) is 381 cm³/mol. The molecule has 0 aliphatic heterocycles. The molecule has 7 atom stereocenters. The number of hydrogen-bond donors (Lipinski definition) is 3. The van der Waals surface area contributed by atoms with Gasteiger partial charge >= 0.3 is 39.5 Å². The Bertz CT molecular complexity index is 1850. The van der Waals surface area contributed by atoms with Gasteiger partial charge in [-0.3, -0.25) is 37.3 Å². The van der Waals surface area contributed by atoms with Crippen LogP contribution in [0.25, 0.3) is 0 Å². The van der Waals surface area contributed by atoms with Crippen LogP contribution in [0.4, 0.5) is 0 Å². The highest BCUT2D eigenvalue weighted by Gasteiger charge is 2.30. The average molecular weight is 1380 g/mol. The van der Waals surface area contributed by atoms with Gasteiger partial charge in [-0.15, -0.1) is 0 Å². The van der Waals surface area contributed by atoms with Gasteiger partial charge in [0.15, 0.2) is 12.2 Å². The van der Waals surface area contributed by atoms with E-state index in [9.17, 15) is 43.2 Å². The monoisotopic (exact) mass is 1380 g/mol. The standard InChI is InChI=1S/C75H146O17P2/c1-9-67(7)53-45-37-29-23-19-15-11-12-16-21-25-31-41-49-57-74(79)91-71(62-86-73(78)56-48-40-34-33-38-46-54-68(8)10-2)64-90-94(83,84)88-60-69(76)59-87-93(81,82)89-63-70(92-75(80)58-50-42-32-26-28-36-44-52-66(5)6)61-85-72(77)55-47-39-30-24-20-17-13-14-18-22-27-35-43-51-65(3)4/h65-71,76H,9-64H2,1-8H3,(H,81,82)(H,83,84)/t67?,68?,69-,70-,71-/m1/s1. The summed E-state index contributed by atoms with van der Waals surface area (Å²) >= 11 is 0. The molecule has 17 nitrogen and oxygen atoms in total. The maximum Gasteiger partial charge on any atom is 0.472 e. The largest absolute Gasteiger partial charge is 0.472 e. The SMILES string of the molecule is CCC(C)CCCCCCCCCCCCCCCCC(=O)O[C@H](COC(=O)CCCCCCCCC(C)CC)COP(=O)(O)OC[C@H](O)COP(=O)(O)OC[C@@H](COC(=O)CCCCCCCCCCCCCCCC(C)C)OC(=O)CCCCCCCCCC(C)C. The van der Waals surface area contributed by atoms with Crippen LogP contribution in [0.5, 0.6) is 0 Å². The molecule has 0 aromatic rings. The number of carbonyl (C=O) groups excluding carboxylic acids is 4. The lowest BCUT2D eigenvalue weighted by Crippen LogP contribution is -2.30. The third kappa shape index (κ3) is 66.0. The molecule has 4 unspecified atom stereocenters. The molecule has 19 heteroatoms. The number of phosphoric acid groups is 2. The van der Waals surface area contributed by atoms with Gasteiger partial charge in [0.2, 0.25) is 0 Å². The number of rotatable bonds is 72. The van der Waals surface area contributed by atoms with Crippen molar-refractivity contribution in [1.82, 2.24) is 0 Å². The summed E-state index contributed by atoms with van der Waals surface area (Å²) in [5.74, 6) is 0.938. The summed E-state index contributed by atoms with van der Waals surface area (Å²) < 4.78 is 68.4. The van der Waals surface area contributed by atoms with Gasteiger partial charge in [0, 0.05) is 25.7 Å². The van der Waals surface area contributed by atoms with Crippen LogP contribution < -0.4 is 0 Å². The molecule has 0 aliphatic rings. The first-order chi connectivity index (χ1) is 45.2. The van der Waals surface area contributed by atoms with Crippen molar-refractivity contribution in [2.75, 3.05) is 39.6 Å². The summed E-state index contributed by atoms with van der Waals surface area (Å²) in [6.07, 6.45) is 48.7. The molecule has 0 aliphatic carbocycles. The fourth-order valence-electron chi connectivity index (χ4n) is 11.3. The van der Waals surface area contributed by atoms with E-state index >= 15 is 0 Å². The molecule has 0 aromatic heterocycles. The molecule has 0 amide bonds. The van der Waals surface area contributed by atoms with Gasteiger partial charge in [0.25, 0.3) is 0 Å². The lowest BCUT2D eigenvalue weighted by Gasteiger charge is -2.21. The van der Waals surface area contributed by atoms with E-state index in [-0.39, 0.29) is 25.7 Å². The van der Waals surface area contributed by atoms with Crippen LogP contribution in [-0.2, 0) is 65.4 Å². The minimum atomic E-state index is -4.96. The van der Waals surface area contributed by atoms with Crippen LogP contribution in [0, 0.1) is 23.7 Å². The van der Waals surface area contributed by atoms with E-state index in [4.69, 9.17) is 37.0 Å². The topological polar surface area (TPSA) is 237 Å². The van der Waals surface area contributed by atoms with Crippen LogP contribution in [0.2, 0.25) is 0 Å². The fourth-order valence-corrected chi connectivity index (χ4v) is 12.9. The summed E-state index contributed by atoms with van der Waals surface area (Å²) in [4.78, 5) is 72.7. The Morgan fingerprint density at radius 1 is 0.298 bits per heavy atom. The first kappa shape index (κ1) is 92.1. The highest BCUT2D eigenvalue weighted by molar-refractivity contribution is 7.47. The van der Waals surface area contributed by atoms with E-state index in [0.717, 1.165) is 114 Å². The average Bonchev–Trinajstić information content (AvgIpc) is 1.63. The summed E-state index contributed by atoms with van der Waals surface area (Å²) in [5.41, 5.74) is 0. The molecular formula is C75H146O17P2.